The van der Waals surface area contributed by atoms with Crippen molar-refractivity contribution in [1.29, 1.82) is 0 Å². The van der Waals surface area contributed by atoms with Crippen LogP contribution >= 0.6 is 0 Å². The summed E-state index contributed by atoms with van der Waals surface area (Å²) in [6.45, 7) is 2.45. The molecule has 0 atom stereocenters. The van der Waals surface area contributed by atoms with E-state index in [1.165, 1.54) is 24.5 Å². The van der Waals surface area contributed by atoms with Gasteiger partial charge in [0.05, 0.1) is 5.39 Å². The van der Waals surface area contributed by atoms with Crippen molar-refractivity contribution in [3.8, 4) is 0 Å². The number of fused-ring (bicyclic) bond motifs is 1. The fourth-order valence-corrected chi connectivity index (χ4v) is 2.96. The largest absolute Gasteiger partial charge is 0.422 e. The Labute approximate surface area is 122 Å². The Hall–Kier alpha value is -2.10. The third kappa shape index (κ3) is 2.84. The lowest BCUT2D eigenvalue weighted by atomic mass is 9.97. The standard InChI is InChI=1S/C17H19NO3/c1-12-11-15(19)21-14-8-10-18(17(20)16(12)14)9-7-13-5-3-2-4-6-13/h5,8,10-11H,2-4,6-7,9H2,1H3. The quantitative estimate of drug-likeness (QED) is 0.814. The fourth-order valence-electron chi connectivity index (χ4n) is 2.96. The maximum atomic E-state index is 12.5. The van der Waals surface area contributed by atoms with Crippen LogP contribution in [-0.4, -0.2) is 4.57 Å². The summed E-state index contributed by atoms with van der Waals surface area (Å²) in [6.07, 6.45) is 9.78. The highest BCUT2D eigenvalue weighted by atomic mass is 16.4. The molecule has 1 aliphatic carbocycles. The minimum absolute atomic E-state index is 0.0786. The Morgan fingerprint density at radius 2 is 2.14 bits per heavy atom. The molecule has 0 bridgehead atoms. The molecule has 0 aromatic carbocycles. The summed E-state index contributed by atoms with van der Waals surface area (Å²) in [7, 11) is 0. The smallest absolute Gasteiger partial charge is 0.336 e. The van der Waals surface area contributed by atoms with E-state index in [9.17, 15) is 9.59 Å². The third-order valence-electron chi connectivity index (χ3n) is 4.13. The van der Waals surface area contributed by atoms with E-state index in [0.717, 1.165) is 19.3 Å². The van der Waals surface area contributed by atoms with E-state index in [1.807, 2.05) is 0 Å². The van der Waals surface area contributed by atoms with Crippen molar-refractivity contribution in [2.24, 2.45) is 0 Å². The van der Waals surface area contributed by atoms with Crippen molar-refractivity contribution in [2.45, 2.75) is 45.6 Å². The number of aryl methyl sites for hydroxylation is 2. The SMILES string of the molecule is Cc1cc(=O)oc2ccn(CCC3=CCCCC3)c(=O)c12. The molecule has 0 spiro atoms. The lowest BCUT2D eigenvalue weighted by Crippen LogP contribution is -2.21. The van der Waals surface area contributed by atoms with E-state index in [0.29, 0.717) is 23.1 Å². The summed E-state index contributed by atoms with van der Waals surface area (Å²) in [5.74, 6) is 0. The van der Waals surface area contributed by atoms with Crippen molar-refractivity contribution < 1.29 is 4.42 Å². The summed E-state index contributed by atoms with van der Waals surface area (Å²) < 4.78 is 6.81. The number of nitrogens with zero attached hydrogens (tertiary/aromatic N) is 1. The number of rotatable bonds is 3. The second kappa shape index (κ2) is 5.72. The van der Waals surface area contributed by atoms with Crippen LogP contribution in [0.15, 0.2) is 44.0 Å². The van der Waals surface area contributed by atoms with Gasteiger partial charge in [0.2, 0.25) is 0 Å². The maximum Gasteiger partial charge on any atom is 0.336 e. The lowest BCUT2D eigenvalue weighted by molar-refractivity contribution is 0.555. The molecule has 0 amide bonds. The van der Waals surface area contributed by atoms with E-state index >= 15 is 0 Å². The number of allylic oxidation sites excluding steroid dienone is 2. The Morgan fingerprint density at radius 3 is 2.90 bits per heavy atom. The molecule has 0 aliphatic heterocycles. The van der Waals surface area contributed by atoms with Crippen LogP contribution in [0.25, 0.3) is 11.0 Å². The highest BCUT2D eigenvalue weighted by Crippen LogP contribution is 2.20. The summed E-state index contributed by atoms with van der Waals surface area (Å²) in [5.41, 5.74) is 2.01. The highest BCUT2D eigenvalue weighted by molar-refractivity contribution is 5.78. The Balaban J connectivity index is 1.93. The van der Waals surface area contributed by atoms with Crippen LogP contribution in [0.3, 0.4) is 0 Å². The first-order valence-corrected chi connectivity index (χ1v) is 7.47. The molecule has 0 radical (unpaired) electrons. The van der Waals surface area contributed by atoms with E-state index < -0.39 is 5.63 Å². The average molecular weight is 285 g/mol. The van der Waals surface area contributed by atoms with Gasteiger partial charge in [-0.3, -0.25) is 4.79 Å². The zero-order valence-corrected chi connectivity index (χ0v) is 12.2. The van der Waals surface area contributed by atoms with Gasteiger partial charge >= 0.3 is 5.63 Å². The van der Waals surface area contributed by atoms with Crippen LogP contribution < -0.4 is 11.2 Å². The van der Waals surface area contributed by atoms with Gasteiger partial charge in [-0.25, -0.2) is 4.79 Å². The number of hydrogen-bond donors (Lipinski definition) is 0. The molecule has 0 saturated carbocycles. The molecule has 110 valence electrons. The molecular formula is C17H19NO3. The zero-order valence-electron chi connectivity index (χ0n) is 12.2. The molecule has 0 saturated heterocycles. The second-order valence-corrected chi connectivity index (χ2v) is 5.66. The predicted octanol–water partition coefficient (Wildman–Crippen LogP) is 3.15. The van der Waals surface area contributed by atoms with Gasteiger partial charge in [-0.15, -0.1) is 0 Å². The van der Waals surface area contributed by atoms with Gasteiger partial charge in [-0.05, 0) is 50.7 Å². The topological polar surface area (TPSA) is 52.2 Å². The van der Waals surface area contributed by atoms with E-state index in [4.69, 9.17) is 4.42 Å². The molecular weight excluding hydrogens is 266 g/mol. The summed E-state index contributed by atoms with van der Waals surface area (Å²) in [4.78, 5) is 23.9. The van der Waals surface area contributed by atoms with Crippen molar-refractivity contribution in [3.63, 3.8) is 0 Å². The van der Waals surface area contributed by atoms with Gasteiger partial charge in [0.1, 0.15) is 5.58 Å². The highest BCUT2D eigenvalue weighted by Gasteiger charge is 2.10. The van der Waals surface area contributed by atoms with Crippen LogP contribution in [0, 0.1) is 6.92 Å². The molecule has 0 fully saturated rings. The number of aromatic nitrogens is 1. The summed E-state index contributed by atoms with van der Waals surface area (Å²) >= 11 is 0. The number of hydrogen-bond acceptors (Lipinski definition) is 3. The molecule has 2 heterocycles. The normalized spacial score (nSPS) is 15.2. The van der Waals surface area contributed by atoms with E-state index in [-0.39, 0.29) is 5.56 Å². The molecule has 2 aromatic rings. The average Bonchev–Trinajstić information content (AvgIpc) is 2.47. The van der Waals surface area contributed by atoms with E-state index in [1.54, 1.807) is 23.8 Å². The van der Waals surface area contributed by atoms with Crippen molar-refractivity contribution in [1.82, 2.24) is 4.57 Å². The van der Waals surface area contributed by atoms with Crippen molar-refractivity contribution >= 4 is 11.0 Å². The van der Waals surface area contributed by atoms with Crippen LogP contribution in [-0.2, 0) is 6.54 Å². The summed E-state index contributed by atoms with van der Waals surface area (Å²) in [6, 6.07) is 3.08. The van der Waals surface area contributed by atoms with Gasteiger partial charge in [-0.2, -0.15) is 0 Å². The Bertz CT molecular complexity index is 811. The molecule has 4 heteroatoms. The molecule has 2 aromatic heterocycles. The first kappa shape index (κ1) is 13.9. The second-order valence-electron chi connectivity index (χ2n) is 5.66. The first-order valence-electron chi connectivity index (χ1n) is 7.47. The number of pyridine rings is 1. The first-order chi connectivity index (χ1) is 10.1. The molecule has 21 heavy (non-hydrogen) atoms. The monoisotopic (exact) mass is 285 g/mol. The molecule has 0 N–H and O–H groups in total. The van der Waals surface area contributed by atoms with Gasteiger partial charge < -0.3 is 8.98 Å². The fraction of sp³-hybridized carbons (Fsp3) is 0.412. The van der Waals surface area contributed by atoms with Gasteiger partial charge in [0.25, 0.3) is 5.56 Å². The van der Waals surface area contributed by atoms with Crippen LogP contribution in [0.4, 0.5) is 0 Å². The molecule has 4 nitrogen and oxygen atoms in total. The molecule has 3 rings (SSSR count). The molecule has 1 aliphatic rings. The van der Waals surface area contributed by atoms with Crippen molar-refractivity contribution in [3.05, 3.63) is 56.3 Å². The molecule has 0 unspecified atom stereocenters. The maximum absolute atomic E-state index is 12.5. The van der Waals surface area contributed by atoms with Gasteiger partial charge in [0.15, 0.2) is 0 Å². The zero-order chi connectivity index (χ0) is 14.8. The third-order valence-corrected chi connectivity index (χ3v) is 4.13. The van der Waals surface area contributed by atoms with Gasteiger partial charge in [0, 0.05) is 18.8 Å². The van der Waals surface area contributed by atoms with Crippen LogP contribution in [0.5, 0.6) is 0 Å². The lowest BCUT2D eigenvalue weighted by Gasteiger charge is -2.13. The Kier molecular flexibility index (Phi) is 3.78. The van der Waals surface area contributed by atoms with Crippen LogP contribution in [0.1, 0.15) is 37.7 Å². The van der Waals surface area contributed by atoms with Crippen LogP contribution in [0.2, 0.25) is 0 Å². The minimum Gasteiger partial charge on any atom is -0.422 e. The predicted molar refractivity (Wildman–Crippen MR) is 82.6 cm³/mol. The minimum atomic E-state index is -0.412. The Morgan fingerprint density at radius 1 is 1.29 bits per heavy atom. The van der Waals surface area contributed by atoms with Gasteiger partial charge in [-0.1, -0.05) is 11.6 Å². The summed E-state index contributed by atoms with van der Waals surface area (Å²) in [5, 5.41) is 0.509. The van der Waals surface area contributed by atoms with Crippen molar-refractivity contribution in [2.75, 3.05) is 0 Å². The van der Waals surface area contributed by atoms with E-state index in [2.05, 4.69) is 6.08 Å².